The number of nitrogens with zero attached hydrogens (tertiary/aromatic N) is 3. The highest BCUT2D eigenvalue weighted by molar-refractivity contribution is 6.09. The third kappa shape index (κ3) is 2.82. The minimum Gasteiger partial charge on any atom is -0.409 e. The molecule has 1 aliphatic carbocycles. The van der Waals surface area contributed by atoms with Gasteiger partial charge >= 0.3 is 0 Å². The van der Waals surface area contributed by atoms with Crippen LogP contribution in [0.25, 0.3) is 0 Å². The van der Waals surface area contributed by atoms with Crippen LogP contribution < -0.4 is 11.1 Å². The first kappa shape index (κ1) is 14.1. The van der Waals surface area contributed by atoms with Crippen molar-refractivity contribution < 1.29 is 10.0 Å². The van der Waals surface area contributed by atoms with Crippen LogP contribution in [0, 0.1) is 5.41 Å². The van der Waals surface area contributed by atoms with Gasteiger partial charge in [0.15, 0.2) is 5.84 Å². The van der Waals surface area contributed by atoms with Crippen molar-refractivity contribution in [3.05, 3.63) is 0 Å². The van der Waals surface area contributed by atoms with Crippen LogP contribution in [0.15, 0.2) is 5.16 Å². The van der Waals surface area contributed by atoms with E-state index < -0.39 is 5.41 Å². The van der Waals surface area contributed by atoms with Crippen molar-refractivity contribution >= 4 is 11.7 Å². The van der Waals surface area contributed by atoms with Crippen molar-refractivity contribution in [1.29, 1.82) is 0 Å². The Morgan fingerprint density at radius 3 is 2.74 bits per heavy atom. The second kappa shape index (κ2) is 5.34. The number of likely N-dealkylation sites (N-methyl/N-ethyl adjacent to an activating group) is 2. The van der Waals surface area contributed by atoms with Crippen molar-refractivity contribution in [1.82, 2.24) is 15.1 Å². The minimum absolute atomic E-state index is 0.0270. The second-order valence-corrected chi connectivity index (χ2v) is 5.67. The summed E-state index contributed by atoms with van der Waals surface area (Å²) in [5.74, 6) is -0.0939. The van der Waals surface area contributed by atoms with Gasteiger partial charge in [0.1, 0.15) is 5.41 Å². The average molecular weight is 269 g/mol. The summed E-state index contributed by atoms with van der Waals surface area (Å²) in [7, 11) is 4.15. The van der Waals surface area contributed by atoms with Gasteiger partial charge in [-0.3, -0.25) is 9.69 Å². The number of amides is 1. The van der Waals surface area contributed by atoms with E-state index in [2.05, 4.69) is 34.4 Å². The topological polar surface area (TPSA) is 94.2 Å². The maximum absolute atomic E-state index is 12.1. The average Bonchev–Trinajstić information content (AvgIpc) is 3.20. The van der Waals surface area contributed by atoms with Crippen molar-refractivity contribution in [2.45, 2.75) is 18.9 Å². The fraction of sp³-hybridized carbons (Fsp3) is 0.833. The van der Waals surface area contributed by atoms with Crippen molar-refractivity contribution in [2.24, 2.45) is 16.3 Å². The van der Waals surface area contributed by atoms with E-state index >= 15 is 0 Å². The largest absolute Gasteiger partial charge is 0.409 e. The summed E-state index contributed by atoms with van der Waals surface area (Å²) in [6, 6.07) is 0.311. The van der Waals surface area contributed by atoms with Gasteiger partial charge in [-0.25, -0.2) is 0 Å². The van der Waals surface area contributed by atoms with Crippen LogP contribution >= 0.6 is 0 Å². The Morgan fingerprint density at radius 2 is 2.16 bits per heavy atom. The summed E-state index contributed by atoms with van der Waals surface area (Å²) in [6.07, 6.45) is 1.32. The van der Waals surface area contributed by atoms with Gasteiger partial charge in [-0.2, -0.15) is 0 Å². The van der Waals surface area contributed by atoms with Gasteiger partial charge in [0.2, 0.25) is 5.91 Å². The fourth-order valence-electron chi connectivity index (χ4n) is 2.52. The zero-order chi connectivity index (χ0) is 14.0. The predicted molar refractivity (Wildman–Crippen MR) is 72.0 cm³/mol. The summed E-state index contributed by atoms with van der Waals surface area (Å²) in [4.78, 5) is 16.7. The van der Waals surface area contributed by atoms with Crippen molar-refractivity contribution in [2.75, 3.05) is 40.3 Å². The number of oxime groups is 1. The highest BCUT2D eigenvalue weighted by atomic mass is 16.4. The molecule has 19 heavy (non-hydrogen) atoms. The van der Waals surface area contributed by atoms with E-state index in [1.165, 1.54) is 0 Å². The van der Waals surface area contributed by atoms with Gasteiger partial charge in [0.25, 0.3) is 0 Å². The smallest absolute Gasteiger partial charge is 0.234 e. The van der Waals surface area contributed by atoms with Gasteiger partial charge in [0, 0.05) is 32.2 Å². The van der Waals surface area contributed by atoms with Crippen LogP contribution in [0.2, 0.25) is 0 Å². The molecule has 0 aromatic carbocycles. The zero-order valence-corrected chi connectivity index (χ0v) is 11.6. The molecule has 7 nitrogen and oxygen atoms in total. The summed E-state index contributed by atoms with van der Waals surface area (Å²) < 4.78 is 0. The molecule has 2 fully saturated rings. The predicted octanol–water partition coefficient (Wildman–Crippen LogP) is -1.12. The van der Waals surface area contributed by atoms with E-state index in [-0.39, 0.29) is 11.7 Å². The summed E-state index contributed by atoms with van der Waals surface area (Å²) >= 11 is 0. The number of nitrogens with one attached hydrogen (secondary N) is 1. The highest BCUT2D eigenvalue weighted by Crippen LogP contribution is 2.45. The summed E-state index contributed by atoms with van der Waals surface area (Å²) in [6.45, 7) is 3.59. The van der Waals surface area contributed by atoms with E-state index in [4.69, 9.17) is 10.9 Å². The maximum atomic E-state index is 12.1. The number of amidine groups is 1. The molecule has 7 heteroatoms. The Hall–Kier alpha value is -1.34. The SMILES string of the molecule is CN1CCN(C)C(CNC(=O)C2(C(N)=NO)CC2)C1. The summed E-state index contributed by atoms with van der Waals surface area (Å²) in [5.41, 5.74) is 4.84. The van der Waals surface area contributed by atoms with Crippen molar-refractivity contribution in [3.63, 3.8) is 0 Å². The Labute approximate surface area is 113 Å². The first-order valence-electron chi connectivity index (χ1n) is 6.64. The molecule has 1 amide bonds. The van der Waals surface area contributed by atoms with Gasteiger partial charge in [-0.05, 0) is 26.9 Å². The molecular formula is C12H23N5O2. The zero-order valence-electron chi connectivity index (χ0n) is 11.6. The molecule has 1 saturated carbocycles. The van der Waals surface area contributed by atoms with Crippen molar-refractivity contribution in [3.8, 4) is 0 Å². The molecule has 108 valence electrons. The Kier molecular flexibility index (Phi) is 3.96. The first-order valence-corrected chi connectivity index (χ1v) is 6.64. The minimum atomic E-state index is -0.756. The third-order valence-electron chi connectivity index (χ3n) is 4.26. The maximum Gasteiger partial charge on any atom is 0.234 e. The quantitative estimate of drug-likeness (QED) is 0.260. The first-order chi connectivity index (χ1) is 8.99. The molecule has 1 aliphatic heterocycles. The Morgan fingerprint density at radius 1 is 1.47 bits per heavy atom. The molecule has 0 aromatic heterocycles. The lowest BCUT2D eigenvalue weighted by atomic mass is 10.0. The Bertz CT molecular complexity index is 380. The standard InChI is InChI=1S/C12H23N5O2/c1-16-5-6-17(2)9(8-16)7-14-11(18)12(3-4-12)10(13)15-19/h9,19H,3-8H2,1-2H3,(H2,13,15)(H,14,18). The molecule has 1 atom stereocenters. The van der Waals surface area contributed by atoms with E-state index in [1.54, 1.807) is 0 Å². The molecule has 1 unspecified atom stereocenters. The molecule has 2 aliphatic rings. The molecule has 1 saturated heterocycles. The van der Waals surface area contributed by atoms with E-state index in [9.17, 15) is 4.79 Å². The van der Waals surface area contributed by atoms with Crippen LogP contribution in [0.1, 0.15) is 12.8 Å². The summed E-state index contributed by atoms with van der Waals surface area (Å²) in [5, 5.41) is 14.6. The van der Waals surface area contributed by atoms with Gasteiger partial charge in [-0.15, -0.1) is 0 Å². The van der Waals surface area contributed by atoms with Gasteiger partial charge < -0.3 is 21.2 Å². The van der Waals surface area contributed by atoms with Crippen LogP contribution in [-0.4, -0.2) is 73.1 Å². The molecular weight excluding hydrogens is 246 g/mol. The lowest BCUT2D eigenvalue weighted by Crippen LogP contribution is -2.55. The van der Waals surface area contributed by atoms with Gasteiger partial charge in [0.05, 0.1) is 0 Å². The lowest BCUT2D eigenvalue weighted by Gasteiger charge is -2.37. The number of carbonyl (C=O) groups is 1. The lowest BCUT2D eigenvalue weighted by molar-refractivity contribution is -0.124. The molecule has 0 aromatic rings. The third-order valence-corrected chi connectivity index (χ3v) is 4.26. The van der Waals surface area contributed by atoms with Crippen LogP contribution in [0.3, 0.4) is 0 Å². The Balaban J connectivity index is 1.87. The highest BCUT2D eigenvalue weighted by Gasteiger charge is 2.54. The normalized spacial score (nSPS) is 28.1. The molecule has 0 spiro atoms. The number of carbonyl (C=O) groups excluding carboxylic acids is 1. The monoisotopic (exact) mass is 269 g/mol. The number of hydrogen-bond donors (Lipinski definition) is 3. The number of nitrogens with two attached hydrogens (primary N) is 1. The van der Waals surface area contributed by atoms with Crippen LogP contribution in [0.4, 0.5) is 0 Å². The fourth-order valence-corrected chi connectivity index (χ4v) is 2.52. The number of hydrogen-bond acceptors (Lipinski definition) is 5. The van der Waals surface area contributed by atoms with E-state index in [0.717, 1.165) is 19.6 Å². The molecule has 0 bridgehead atoms. The van der Waals surface area contributed by atoms with E-state index in [1.807, 2.05) is 0 Å². The van der Waals surface area contributed by atoms with E-state index in [0.29, 0.717) is 25.4 Å². The second-order valence-electron chi connectivity index (χ2n) is 5.67. The molecule has 1 heterocycles. The number of piperazine rings is 1. The number of rotatable bonds is 4. The molecule has 4 N–H and O–H groups in total. The van der Waals surface area contributed by atoms with Crippen LogP contribution in [-0.2, 0) is 4.79 Å². The van der Waals surface area contributed by atoms with Crippen LogP contribution in [0.5, 0.6) is 0 Å². The molecule has 0 radical (unpaired) electrons. The molecule has 2 rings (SSSR count). The van der Waals surface area contributed by atoms with Gasteiger partial charge in [-0.1, -0.05) is 5.16 Å².